The lowest BCUT2D eigenvalue weighted by atomic mass is 10.0. The first-order chi connectivity index (χ1) is 8.25. The normalized spacial score (nSPS) is 19.2. The van der Waals surface area contributed by atoms with Crippen LogP contribution in [0.2, 0.25) is 0 Å². The number of hydrogen-bond acceptors (Lipinski definition) is 3. The van der Waals surface area contributed by atoms with Gasteiger partial charge >= 0.3 is 0 Å². The van der Waals surface area contributed by atoms with E-state index in [1.54, 1.807) is 0 Å². The molecule has 0 bridgehead atoms. The van der Waals surface area contributed by atoms with Crippen LogP contribution in [0.25, 0.3) is 0 Å². The zero-order valence-corrected chi connectivity index (χ0v) is 10.3. The Balaban J connectivity index is 1.82. The van der Waals surface area contributed by atoms with Crippen LogP contribution in [0.1, 0.15) is 36.5 Å². The number of ether oxygens (including phenoxy) is 2. The summed E-state index contributed by atoms with van der Waals surface area (Å²) >= 11 is 0. The van der Waals surface area contributed by atoms with E-state index in [0.29, 0.717) is 6.42 Å². The van der Waals surface area contributed by atoms with E-state index in [2.05, 4.69) is 0 Å². The summed E-state index contributed by atoms with van der Waals surface area (Å²) in [6, 6.07) is 7.98. The van der Waals surface area contributed by atoms with Crippen molar-refractivity contribution < 1.29 is 14.6 Å². The molecule has 1 atom stereocenters. The lowest BCUT2D eigenvalue weighted by Crippen LogP contribution is -2.25. The molecule has 1 aliphatic heterocycles. The fraction of sp³-hybridized carbons (Fsp3) is 0.571. The lowest BCUT2D eigenvalue weighted by molar-refractivity contribution is -0.183. The fourth-order valence-corrected chi connectivity index (χ4v) is 2.04. The second kappa shape index (κ2) is 6.15. The molecule has 1 aliphatic rings. The van der Waals surface area contributed by atoms with E-state index < -0.39 is 6.10 Å². The first kappa shape index (κ1) is 12.6. The Kier molecular flexibility index (Phi) is 4.54. The number of benzene rings is 1. The van der Waals surface area contributed by atoms with Gasteiger partial charge in [-0.05, 0) is 25.3 Å². The summed E-state index contributed by atoms with van der Waals surface area (Å²) in [6.07, 6.45) is 1.83. The van der Waals surface area contributed by atoms with Crippen LogP contribution in [0.5, 0.6) is 0 Å². The van der Waals surface area contributed by atoms with Gasteiger partial charge in [-0.2, -0.15) is 0 Å². The standard InChI is InChI=1S/C14H20O3/c1-11-4-2-5-12(10-11)13(15)6-7-14-16-8-3-9-17-14/h2,4-5,10,13-15H,3,6-9H2,1H3. The zero-order chi connectivity index (χ0) is 12.1. The van der Waals surface area contributed by atoms with Crippen molar-refractivity contribution in [1.82, 2.24) is 0 Å². The van der Waals surface area contributed by atoms with E-state index in [9.17, 15) is 5.11 Å². The Labute approximate surface area is 102 Å². The smallest absolute Gasteiger partial charge is 0.157 e. The van der Waals surface area contributed by atoms with Gasteiger partial charge < -0.3 is 14.6 Å². The van der Waals surface area contributed by atoms with E-state index in [1.807, 2.05) is 31.2 Å². The summed E-state index contributed by atoms with van der Waals surface area (Å²) in [5.41, 5.74) is 2.15. The van der Waals surface area contributed by atoms with Crippen molar-refractivity contribution in [3.8, 4) is 0 Å². The third-order valence-corrected chi connectivity index (χ3v) is 3.00. The van der Waals surface area contributed by atoms with Gasteiger partial charge in [-0.25, -0.2) is 0 Å². The molecule has 1 fully saturated rings. The second-order valence-electron chi connectivity index (χ2n) is 4.53. The average molecular weight is 236 g/mol. The molecule has 2 rings (SSSR count). The van der Waals surface area contributed by atoms with Gasteiger partial charge in [0.15, 0.2) is 6.29 Å². The molecule has 94 valence electrons. The molecule has 1 N–H and O–H groups in total. The highest BCUT2D eigenvalue weighted by Gasteiger charge is 2.16. The Bertz CT molecular complexity index is 345. The van der Waals surface area contributed by atoms with Crippen LogP contribution in [0.4, 0.5) is 0 Å². The van der Waals surface area contributed by atoms with E-state index in [0.717, 1.165) is 31.6 Å². The Hall–Kier alpha value is -0.900. The minimum absolute atomic E-state index is 0.136. The van der Waals surface area contributed by atoms with Crippen molar-refractivity contribution in [2.45, 2.75) is 38.6 Å². The fourth-order valence-electron chi connectivity index (χ4n) is 2.04. The lowest BCUT2D eigenvalue weighted by Gasteiger charge is -2.24. The van der Waals surface area contributed by atoms with Gasteiger partial charge in [0.2, 0.25) is 0 Å². The van der Waals surface area contributed by atoms with Crippen LogP contribution in [-0.4, -0.2) is 24.6 Å². The predicted molar refractivity (Wildman–Crippen MR) is 65.7 cm³/mol. The van der Waals surface area contributed by atoms with Crippen molar-refractivity contribution in [2.24, 2.45) is 0 Å². The highest BCUT2D eigenvalue weighted by molar-refractivity contribution is 5.23. The maximum atomic E-state index is 10.1. The van der Waals surface area contributed by atoms with Gasteiger partial charge in [0, 0.05) is 6.42 Å². The summed E-state index contributed by atoms with van der Waals surface area (Å²) in [7, 11) is 0. The summed E-state index contributed by atoms with van der Waals surface area (Å²) in [4.78, 5) is 0. The quantitative estimate of drug-likeness (QED) is 0.873. The van der Waals surface area contributed by atoms with Crippen molar-refractivity contribution in [3.63, 3.8) is 0 Å². The molecule has 0 aliphatic carbocycles. The molecule has 1 aromatic carbocycles. The number of hydrogen-bond donors (Lipinski definition) is 1. The molecule has 0 spiro atoms. The summed E-state index contributed by atoms with van der Waals surface area (Å²) in [5, 5.41) is 10.1. The molecule has 17 heavy (non-hydrogen) atoms. The van der Waals surface area contributed by atoms with Crippen LogP contribution < -0.4 is 0 Å². The van der Waals surface area contributed by atoms with E-state index in [-0.39, 0.29) is 6.29 Å². The van der Waals surface area contributed by atoms with E-state index in [4.69, 9.17) is 9.47 Å². The maximum absolute atomic E-state index is 10.1. The highest BCUT2D eigenvalue weighted by Crippen LogP contribution is 2.22. The molecule has 1 heterocycles. The van der Waals surface area contributed by atoms with E-state index >= 15 is 0 Å². The highest BCUT2D eigenvalue weighted by atomic mass is 16.7. The Morgan fingerprint density at radius 1 is 1.35 bits per heavy atom. The largest absolute Gasteiger partial charge is 0.388 e. The van der Waals surface area contributed by atoms with Crippen LogP contribution >= 0.6 is 0 Å². The maximum Gasteiger partial charge on any atom is 0.157 e. The van der Waals surface area contributed by atoms with Crippen molar-refractivity contribution >= 4 is 0 Å². The van der Waals surface area contributed by atoms with Gasteiger partial charge in [-0.1, -0.05) is 29.8 Å². The molecular formula is C14H20O3. The van der Waals surface area contributed by atoms with Gasteiger partial charge in [0.1, 0.15) is 0 Å². The predicted octanol–water partition coefficient (Wildman–Crippen LogP) is 2.57. The number of aliphatic hydroxyl groups excluding tert-OH is 1. The molecule has 1 saturated heterocycles. The van der Waals surface area contributed by atoms with Gasteiger partial charge in [0.05, 0.1) is 19.3 Å². The number of rotatable bonds is 4. The molecule has 1 unspecified atom stereocenters. The topological polar surface area (TPSA) is 38.7 Å². The molecular weight excluding hydrogens is 216 g/mol. The van der Waals surface area contributed by atoms with Crippen LogP contribution in [0.3, 0.4) is 0 Å². The Morgan fingerprint density at radius 3 is 2.82 bits per heavy atom. The van der Waals surface area contributed by atoms with Crippen LogP contribution in [0.15, 0.2) is 24.3 Å². The molecule has 3 heteroatoms. The number of aliphatic hydroxyl groups is 1. The van der Waals surface area contributed by atoms with Crippen molar-refractivity contribution in [1.29, 1.82) is 0 Å². The Morgan fingerprint density at radius 2 is 2.12 bits per heavy atom. The summed E-state index contributed by atoms with van der Waals surface area (Å²) < 4.78 is 10.9. The molecule has 0 amide bonds. The van der Waals surface area contributed by atoms with Crippen LogP contribution in [0, 0.1) is 6.92 Å². The SMILES string of the molecule is Cc1cccc(C(O)CCC2OCCCO2)c1. The van der Waals surface area contributed by atoms with Crippen molar-refractivity contribution in [3.05, 3.63) is 35.4 Å². The minimum Gasteiger partial charge on any atom is -0.388 e. The summed E-state index contributed by atoms with van der Waals surface area (Å²) in [6.45, 7) is 3.57. The zero-order valence-electron chi connectivity index (χ0n) is 10.3. The van der Waals surface area contributed by atoms with Crippen molar-refractivity contribution in [2.75, 3.05) is 13.2 Å². The minimum atomic E-state index is -0.427. The number of aryl methyl sites for hydroxylation is 1. The van der Waals surface area contributed by atoms with Gasteiger partial charge in [-0.3, -0.25) is 0 Å². The first-order valence-electron chi connectivity index (χ1n) is 6.23. The molecule has 0 aromatic heterocycles. The first-order valence-corrected chi connectivity index (χ1v) is 6.23. The molecule has 0 radical (unpaired) electrons. The third kappa shape index (κ3) is 3.80. The van der Waals surface area contributed by atoms with E-state index in [1.165, 1.54) is 5.56 Å². The molecule has 0 saturated carbocycles. The monoisotopic (exact) mass is 236 g/mol. The third-order valence-electron chi connectivity index (χ3n) is 3.00. The average Bonchev–Trinajstić information content (AvgIpc) is 2.37. The summed E-state index contributed by atoms with van der Waals surface area (Å²) in [5.74, 6) is 0. The van der Waals surface area contributed by atoms with Gasteiger partial charge in [0.25, 0.3) is 0 Å². The molecule has 1 aromatic rings. The van der Waals surface area contributed by atoms with Gasteiger partial charge in [-0.15, -0.1) is 0 Å². The second-order valence-corrected chi connectivity index (χ2v) is 4.53. The molecule has 3 nitrogen and oxygen atoms in total. The van der Waals surface area contributed by atoms with Crippen LogP contribution in [-0.2, 0) is 9.47 Å².